The molecule has 1 saturated heterocycles. The van der Waals surface area contributed by atoms with E-state index >= 15 is 0 Å². The second-order valence-corrected chi connectivity index (χ2v) is 7.40. The van der Waals surface area contributed by atoms with Crippen LogP contribution in [0.1, 0.15) is 31.4 Å². The average molecular weight is 264 g/mol. The lowest BCUT2D eigenvalue weighted by molar-refractivity contribution is 0.136. The molecule has 0 radical (unpaired) electrons. The summed E-state index contributed by atoms with van der Waals surface area (Å²) >= 11 is 3.64. The summed E-state index contributed by atoms with van der Waals surface area (Å²) in [6.45, 7) is 2.20. The Labute approximate surface area is 110 Å². The quantitative estimate of drug-likeness (QED) is 0.876. The molecule has 3 rings (SSSR count). The number of hydrogen-bond donors (Lipinski definition) is 1. The molecular weight excluding hydrogens is 248 g/mol. The summed E-state index contributed by atoms with van der Waals surface area (Å²) in [5.74, 6) is 1.17. The highest BCUT2D eigenvalue weighted by Crippen LogP contribution is 2.48. The number of thioether (sulfide) groups is 1. The first kappa shape index (κ1) is 11.6. The Morgan fingerprint density at radius 1 is 1.35 bits per heavy atom. The lowest BCUT2D eigenvalue weighted by atomic mass is 9.92. The van der Waals surface area contributed by atoms with E-state index < -0.39 is 0 Å². The molecule has 1 aromatic heterocycles. The number of aliphatic hydroxyl groups is 1. The van der Waals surface area contributed by atoms with Crippen LogP contribution >= 0.6 is 23.1 Å². The molecule has 2 atom stereocenters. The fraction of sp³-hybridized carbons (Fsp3) is 0.429. The molecule has 2 aromatic rings. The molecule has 2 unspecified atom stereocenters. The number of hydrogen-bond acceptors (Lipinski definition) is 3. The molecule has 90 valence electrons. The molecule has 0 amide bonds. The van der Waals surface area contributed by atoms with Crippen molar-refractivity contribution >= 4 is 33.2 Å². The zero-order valence-electron chi connectivity index (χ0n) is 9.85. The predicted octanol–water partition coefficient (Wildman–Crippen LogP) is 4.22. The molecule has 0 aliphatic carbocycles. The van der Waals surface area contributed by atoms with E-state index in [1.165, 1.54) is 22.3 Å². The van der Waals surface area contributed by atoms with Crippen LogP contribution in [0.2, 0.25) is 0 Å². The van der Waals surface area contributed by atoms with E-state index in [4.69, 9.17) is 0 Å². The normalized spacial score (nSPS) is 26.5. The van der Waals surface area contributed by atoms with Crippen LogP contribution in [0.5, 0.6) is 0 Å². The fourth-order valence-electron chi connectivity index (χ4n) is 2.58. The summed E-state index contributed by atoms with van der Waals surface area (Å²) in [7, 11) is 0. The number of rotatable bonds is 2. The van der Waals surface area contributed by atoms with Gasteiger partial charge < -0.3 is 5.11 Å². The molecule has 3 heteroatoms. The smallest absolute Gasteiger partial charge is 0.0947 e. The van der Waals surface area contributed by atoms with Gasteiger partial charge in [0.2, 0.25) is 0 Å². The van der Waals surface area contributed by atoms with Crippen LogP contribution in [0.25, 0.3) is 10.1 Å². The van der Waals surface area contributed by atoms with Gasteiger partial charge >= 0.3 is 0 Å². The summed E-state index contributed by atoms with van der Waals surface area (Å²) in [5.41, 5.74) is 1.11. The summed E-state index contributed by atoms with van der Waals surface area (Å²) < 4.78 is 1.24. The van der Waals surface area contributed by atoms with Crippen molar-refractivity contribution in [3.05, 3.63) is 35.2 Å². The molecule has 17 heavy (non-hydrogen) atoms. The molecule has 1 aliphatic rings. The second-order valence-electron chi connectivity index (χ2n) is 4.85. The molecule has 0 saturated carbocycles. The summed E-state index contributed by atoms with van der Waals surface area (Å²) in [6, 6.07) is 8.37. The van der Waals surface area contributed by atoms with Gasteiger partial charge in [-0.15, -0.1) is 11.3 Å². The Bertz CT molecular complexity index is 526. The topological polar surface area (TPSA) is 20.2 Å². The van der Waals surface area contributed by atoms with Crippen LogP contribution in [0.3, 0.4) is 0 Å². The minimum absolute atomic E-state index is 0.00171. The van der Waals surface area contributed by atoms with Crippen molar-refractivity contribution in [2.24, 2.45) is 0 Å². The third-order valence-electron chi connectivity index (χ3n) is 3.63. The third kappa shape index (κ3) is 1.90. The summed E-state index contributed by atoms with van der Waals surface area (Å²) in [5, 5.41) is 14.0. The van der Waals surface area contributed by atoms with E-state index in [0.717, 1.165) is 12.0 Å². The molecule has 1 aromatic carbocycles. The first-order chi connectivity index (χ1) is 8.21. The Kier molecular flexibility index (Phi) is 2.93. The summed E-state index contributed by atoms with van der Waals surface area (Å²) in [4.78, 5) is 0. The van der Waals surface area contributed by atoms with Gasteiger partial charge in [-0.25, -0.2) is 0 Å². The van der Waals surface area contributed by atoms with Crippen LogP contribution in [0.4, 0.5) is 0 Å². The van der Waals surface area contributed by atoms with Crippen LogP contribution in [-0.2, 0) is 0 Å². The van der Waals surface area contributed by atoms with E-state index in [1.807, 2.05) is 11.8 Å². The van der Waals surface area contributed by atoms with Gasteiger partial charge in [-0.05, 0) is 47.9 Å². The first-order valence-corrected chi connectivity index (χ1v) is 7.85. The van der Waals surface area contributed by atoms with Crippen molar-refractivity contribution in [2.75, 3.05) is 5.75 Å². The minimum Gasteiger partial charge on any atom is -0.387 e. The van der Waals surface area contributed by atoms with Crippen LogP contribution in [-0.4, -0.2) is 15.6 Å². The highest BCUT2D eigenvalue weighted by Gasteiger charge is 2.38. The molecule has 0 bridgehead atoms. The second kappa shape index (κ2) is 4.30. The maximum Gasteiger partial charge on any atom is 0.0947 e. The maximum atomic E-state index is 10.7. The minimum atomic E-state index is -0.350. The van der Waals surface area contributed by atoms with Crippen LogP contribution in [0.15, 0.2) is 29.6 Å². The van der Waals surface area contributed by atoms with Crippen molar-refractivity contribution in [3.63, 3.8) is 0 Å². The number of aliphatic hydroxyl groups excluding tert-OH is 1. The Morgan fingerprint density at radius 2 is 2.24 bits per heavy atom. The summed E-state index contributed by atoms with van der Waals surface area (Å²) in [6.07, 6.45) is 1.98. The van der Waals surface area contributed by atoms with Crippen LogP contribution < -0.4 is 0 Å². The monoisotopic (exact) mass is 264 g/mol. The Balaban J connectivity index is 2.05. The van der Waals surface area contributed by atoms with Crippen molar-refractivity contribution in [2.45, 2.75) is 30.6 Å². The maximum absolute atomic E-state index is 10.7. The highest BCUT2D eigenvalue weighted by molar-refractivity contribution is 8.00. The van der Waals surface area contributed by atoms with E-state index in [-0.39, 0.29) is 10.9 Å². The Morgan fingerprint density at radius 3 is 3.00 bits per heavy atom. The standard InChI is InChI=1S/C14H16OS2/c1-14(7-3-8-17-14)13(15)11-5-2-4-10-6-9-16-12(10)11/h2,4-6,9,13,15H,3,7-8H2,1H3. The number of benzene rings is 1. The Hall–Kier alpha value is -0.510. The van der Waals surface area contributed by atoms with Crippen molar-refractivity contribution < 1.29 is 5.11 Å². The SMILES string of the molecule is CC1(C(O)c2cccc3ccsc23)CCCS1. The number of fused-ring (bicyclic) bond motifs is 1. The first-order valence-electron chi connectivity index (χ1n) is 5.99. The van der Waals surface area contributed by atoms with Crippen molar-refractivity contribution in [1.82, 2.24) is 0 Å². The van der Waals surface area contributed by atoms with Gasteiger partial charge in [-0.3, -0.25) is 0 Å². The van der Waals surface area contributed by atoms with Gasteiger partial charge in [0, 0.05) is 9.45 Å². The zero-order valence-corrected chi connectivity index (χ0v) is 11.5. The lowest BCUT2D eigenvalue weighted by Crippen LogP contribution is -2.26. The largest absolute Gasteiger partial charge is 0.387 e. The fourth-order valence-corrected chi connectivity index (χ4v) is 4.84. The molecule has 1 N–H and O–H groups in total. The van der Waals surface area contributed by atoms with Gasteiger partial charge in [-0.1, -0.05) is 18.2 Å². The average Bonchev–Trinajstić information content (AvgIpc) is 2.96. The van der Waals surface area contributed by atoms with Crippen LogP contribution in [0, 0.1) is 0 Å². The van der Waals surface area contributed by atoms with Gasteiger partial charge in [-0.2, -0.15) is 11.8 Å². The molecule has 1 fully saturated rings. The predicted molar refractivity (Wildman–Crippen MR) is 76.9 cm³/mol. The van der Waals surface area contributed by atoms with Gasteiger partial charge in [0.05, 0.1) is 6.10 Å². The molecule has 1 nitrogen and oxygen atoms in total. The van der Waals surface area contributed by atoms with E-state index in [2.05, 4.69) is 36.6 Å². The molecule has 1 aliphatic heterocycles. The van der Waals surface area contributed by atoms with Gasteiger partial charge in [0.15, 0.2) is 0 Å². The van der Waals surface area contributed by atoms with E-state index in [0.29, 0.717) is 0 Å². The highest BCUT2D eigenvalue weighted by atomic mass is 32.2. The third-order valence-corrected chi connectivity index (χ3v) is 6.19. The molecule has 0 spiro atoms. The van der Waals surface area contributed by atoms with Gasteiger partial charge in [0.1, 0.15) is 0 Å². The van der Waals surface area contributed by atoms with E-state index in [1.54, 1.807) is 11.3 Å². The molecule has 2 heterocycles. The van der Waals surface area contributed by atoms with Gasteiger partial charge in [0.25, 0.3) is 0 Å². The number of thiophene rings is 1. The lowest BCUT2D eigenvalue weighted by Gasteiger charge is -2.29. The zero-order chi connectivity index (χ0) is 11.9. The molecular formula is C14H16OS2. The van der Waals surface area contributed by atoms with Crippen molar-refractivity contribution in [1.29, 1.82) is 0 Å². The van der Waals surface area contributed by atoms with E-state index in [9.17, 15) is 5.11 Å². The van der Waals surface area contributed by atoms with Crippen molar-refractivity contribution in [3.8, 4) is 0 Å².